The van der Waals surface area contributed by atoms with Crippen molar-refractivity contribution in [3.05, 3.63) is 68.7 Å². The Balaban J connectivity index is 2.51. The van der Waals surface area contributed by atoms with Crippen LogP contribution >= 0.6 is 27.5 Å². The summed E-state index contributed by atoms with van der Waals surface area (Å²) in [6, 6.07) is 9.63. The minimum Gasteiger partial charge on any atom is -0.309 e. The van der Waals surface area contributed by atoms with Gasteiger partial charge in [0, 0.05) is 5.02 Å². The van der Waals surface area contributed by atoms with Crippen LogP contribution in [0.2, 0.25) is 5.02 Å². The Hall–Kier alpha value is -0.970. The zero-order valence-corrected chi connectivity index (χ0v) is 12.4. The number of rotatable bonds is 3. The number of hydrogen-bond acceptors (Lipinski definition) is 1. The zero-order valence-electron chi connectivity index (χ0n) is 10.1. The van der Waals surface area contributed by atoms with E-state index < -0.39 is 11.6 Å². The topological polar surface area (TPSA) is 12.0 Å². The van der Waals surface area contributed by atoms with Gasteiger partial charge in [0.15, 0.2) is 11.6 Å². The van der Waals surface area contributed by atoms with E-state index in [1.807, 2.05) is 12.1 Å². The van der Waals surface area contributed by atoms with Gasteiger partial charge in [-0.2, -0.15) is 0 Å². The molecule has 1 N–H and O–H groups in total. The van der Waals surface area contributed by atoms with E-state index in [2.05, 4.69) is 21.2 Å². The van der Waals surface area contributed by atoms with E-state index in [-0.39, 0.29) is 10.5 Å². The molecule has 0 amide bonds. The van der Waals surface area contributed by atoms with Gasteiger partial charge in [0.25, 0.3) is 0 Å². The van der Waals surface area contributed by atoms with Crippen LogP contribution in [-0.2, 0) is 0 Å². The number of nitrogens with one attached hydrogen (secondary N) is 1. The van der Waals surface area contributed by atoms with Gasteiger partial charge in [-0.25, -0.2) is 8.78 Å². The first-order chi connectivity index (χ1) is 9.04. The Morgan fingerprint density at radius 3 is 2.58 bits per heavy atom. The van der Waals surface area contributed by atoms with E-state index in [0.717, 1.165) is 11.6 Å². The molecule has 0 radical (unpaired) electrons. The minimum absolute atomic E-state index is 0.117. The second kappa shape index (κ2) is 5.99. The first-order valence-electron chi connectivity index (χ1n) is 5.60. The predicted octanol–water partition coefficient (Wildman–Crippen LogP) is 4.69. The maximum absolute atomic E-state index is 13.6. The van der Waals surface area contributed by atoms with E-state index in [1.165, 1.54) is 0 Å². The molecule has 0 fully saturated rings. The van der Waals surface area contributed by atoms with Crippen LogP contribution in [0.5, 0.6) is 0 Å². The van der Waals surface area contributed by atoms with Gasteiger partial charge in [-0.1, -0.05) is 29.8 Å². The highest BCUT2D eigenvalue weighted by molar-refractivity contribution is 9.10. The average molecular weight is 347 g/mol. The third-order valence-corrected chi connectivity index (χ3v) is 3.89. The van der Waals surface area contributed by atoms with Crippen molar-refractivity contribution in [3.63, 3.8) is 0 Å². The molecule has 0 aromatic heterocycles. The summed E-state index contributed by atoms with van der Waals surface area (Å²) in [6.07, 6.45) is 0. The lowest BCUT2D eigenvalue weighted by Gasteiger charge is -2.19. The summed E-state index contributed by atoms with van der Waals surface area (Å²) < 4.78 is 26.9. The van der Waals surface area contributed by atoms with Crippen molar-refractivity contribution >= 4 is 27.5 Å². The van der Waals surface area contributed by atoms with Crippen LogP contribution in [0, 0.1) is 11.6 Å². The highest BCUT2D eigenvalue weighted by Crippen LogP contribution is 2.32. The highest BCUT2D eigenvalue weighted by Gasteiger charge is 2.19. The van der Waals surface area contributed by atoms with Crippen molar-refractivity contribution in [2.24, 2.45) is 0 Å². The van der Waals surface area contributed by atoms with E-state index in [9.17, 15) is 8.78 Å². The third kappa shape index (κ3) is 2.96. The second-order valence-corrected chi connectivity index (χ2v) is 5.27. The summed E-state index contributed by atoms with van der Waals surface area (Å²) >= 11 is 9.06. The summed E-state index contributed by atoms with van der Waals surface area (Å²) in [6.45, 7) is 0. The quantitative estimate of drug-likeness (QED) is 0.795. The van der Waals surface area contributed by atoms with Crippen molar-refractivity contribution < 1.29 is 8.78 Å². The van der Waals surface area contributed by atoms with E-state index >= 15 is 0 Å². The van der Waals surface area contributed by atoms with E-state index in [0.29, 0.717) is 10.6 Å². The lowest BCUT2D eigenvalue weighted by atomic mass is 9.99. The third-order valence-electron chi connectivity index (χ3n) is 2.85. The normalized spacial score (nSPS) is 12.5. The molecular formula is C14H11BrClF2N. The molecule has 2 aromatic rings. The van der Waals surface area contributed by atoms with Gasteiger partial charge in [0.1, 0.15) is 0 Å². The van der Waals surface area contributed by atoms with Crippen LogP contribution in [0.4, 0.5) is 8.78 Å². The zero-order chi connectivity index (χ0) is 14.0. The Labute approximate surface area is 123 Å². The van der Waals surface area contributed by atoms with Crippen molar-refractivity contribution in [3.8, 4) is 0 Å². The highest BCUT2D eigenvalue weighted by atomic mass is 79.9. The summed E-state index contributed by atoms with van der Waals surface area (Å²) in [4.78, 5) is 0. The van der Waals surface area contributed by atoms with Gasteiger partial charge in [-0.15, -0.1) is 0 Å². The van der Waals surface area contributed by atoms with Crippen molar-refractivity contribution in [1.29, 1.82) is 0 Å². The lowest BCUT2D eigenvalue weighted by Crippen LogP contribution is -2.18. The van der Waals surface area contributed by atoms with Gasteiger partial charge in [0.2, 0.25) is 0 Å². The molecular weight excluding hydrogens is 336 g/mol. The van der Waals surface area contributed by atoms with Gasteiger partial charge < -0.3 is 5.32 Å². The van der Waals surface area contributed by atoms with Crippen LogP contribution < -0.4 is 5.32 Å². The molecule has 1 unspecified atom stereocenters. The summed E-state index contributed by atoms with van der Waals surface area (Å²) in [5.41, 5.74) is 1.49. The van der Waals surface area contributed by atoms with Crippen LogP contribution in [0.15, 0.2) is 40.9 Å². The molecule has 0 aliphatic carbocycles. The van der Waals surface area contributed by atoms with Crippen LogP contribution in [-0.4, -0.2) is 7.05 Å². The smallest absolute Gasteiger partial charge is 0.173 e. The Bertz CT molecular complexity index is 604. The van der Waals surface area contributed by atoms with Gasteiger partial charge in [0.05, 0.1) is 10.5 Å². The maximum atomic E-state index is 13.6. The van der Waals surface area contributed by atoms with Crippen molar-refractivity contribution in [2.75, 3.05) is 7.05 Å². The Morgan fingerprint density at radius 1 is 1.21 bits per heavy atom. The fourth-order valence-electron chi connectivity index (χ4n) is 1.95. The molecule has 2 aromatic carbocycles. The molecule has 0 bridgehead atoms. The largest absolute Gasteiger partial charge is 0.309 e. The first kappa shape index (κ1) is 14.4. The molecule has 5 heteroatoms. The molecule has 0 heterocycles. The average Bonchev–Trinajstić information content (AvgIpc) is 2.40. The summed E-state index contributed by atoms with van der Waals surface area (Å²) in [7, 11) is 1.75. The van der Waals surface area contributed by atoms with Crippen molar-refractivity contribution in [1.82, 2.24) is 5.32 Å². The Morgan fingerprint density at radius 2 is 1.95 bits per heavy atom. The van der Waals surface area contributed by atoms with Crippen molar-refractivity contribution in [2.45, 2.75) is 6.04 Å². The molecule has 19 heavy (non-hydrogen) atoms. The van der Waals surface area contributed by atoms with E-state index in [4.69, 9.17) is 11.6 Å². The summed E-state index contributed by atoms with van der Waals surface area (Å²) in [5.74, 6) is -1.77. The monoisotopic (exact) mass is 345 g/mol. The molecule has 0 aliphatic heterocycles. The molecule has 0 saturated heterocycles. The molecule has 100 valence electrons. The fraction of sp³-hybridized carbons (Fsp3) is 0.143. The molecule has 0 aliphatic rings. The minimum atomic E-state index is -0.889. The molecule has 1 atom stereocenters. The first-order valence-corrected chi connectivity index (χ1v) is 6.77. The number of benzene rings is 2. The lowest BCUT2D eigenvalue weighted by molar-refractivity contribution is 0.499. The standard InChI is InChI=1S/C14H11BrClF2N/c1-19-14(8-3-2-4-9(16)7-8)10-5-6-11(17)13(18)12(10)15/h2-7,14,19H,1H3. The van der Waals surface area contributed by atoms with E-state index in [1.54, 1.807) is 25.2 Å². The van der Waals surface area contributed by atoms with Crippen LogP contribution in [0.3, 0.4) is 0 Å². The van der Waals surface area contributed by atoms with Gasteiger partial charge >= 0.3 is 0 Å². The van der Waals surface area contributed by atoms with Gasteiger partial charge in [-0.05, 0) is 52.3 Å². The van der Waals surface area contributed by atoms with Gasteiger partial charge in [-0.3, -0.25) is 0 Å². The molecule has 0 saturated carbocycles. The maximum Gasteiger partial charge on any atom is 0.173 e. The fourth-order valence-corrected chi connectivity index (χ4v) is 2.70. The second-order valence-electron chi connectivity index (χ2n) is 4.04. The Kier molecular flexibility index (Phi) is 4.55. The van der Waals surface area contributed by atoms with Crippen LogP contribution in [0.25, 0.3) is 0 Å². The number of halogens is 4. The molecule has 1 nitrogen and oxygen atoms in total. The number of hydrogen-bond donors (Lipinski definition) is 1. The predicted molar refractivity (Wildman–Crippen MR) is 76.4 cm³/mol. The molecule has 2 rings (SSSR count). The SMILES string of the molecule is CNC(c1cccc(Cl)c1)c1ccc(F)c(F)c1Br. The molecule has 0 spiro atoms. The van der Waals surface area contributed by atoms with Crippen LogP contribution in [0.1, 0.15) is 17.2 Å². The summed E-state index contributed by atoms with van der Waals surface area (Å²) in [5, 5.41) is 3.67.